The number of rotatable bonds is 6. The van der Waals surface area contributed by atoms with Crippen molar-refractivity contribution in [2.75, 3.05) is 11.9 Å². The molecule has 1 unspecified atom stereocenters. The Hall–Kier alpha value is -0.250. The predicted molar refractivity (Wildman–Crippen MR) is 79.7 cm³/mol. The van der Waals surface area contributed by atoms with E-state index in [0.717, 1.165) is 28.0 Å². The van der Waals surface area contributed by atoms with Crippen molar-refractivity contribution < 1.29 is 0 Å². The first-order valence-corrected chi connectivity index (χ1v) is 7.21. The topological polar surface area (TPSA) is 38.0 Å². The van der Waals surface area contributed by atoms with Crippen LogP contribution >= 0.6 is 27.5 Å². The van der Waals surface area contributed by atoms with E-state index in [4.69, 9.17) is 17.3 Å². The van der Waals surface area contributed by atoms with Crippen molar-refractivity contribution in [3.8, 4) is 0 Å². The Labute approximate surface area is 117 Å². The molecule has 2 nitrogen and oxygen atoms in total. The quantitative estimate of drug-likeness (QED) is 0.821. The van der Waals surface area contributed by atoms with Crippen LogP contribution in [0.1, 0.15) is 26.7 Å². The average Bonchev–Trinajstić information content (AvgIpc) is 2.33. The fourth-order valence-electron chi connectivity index (χ4n) is 2.03. The molecule has 17 heavy (non-hydrogen) atoms. The highest BCUT2D eigenvalue weighted by Crippen LogP contribution is 2.27. The number of hydrogen-bond donors (Lipinski definition) is 2. The lowest BCUT2D eigenvalue weighted by Crippen LogP contribution is -2.35. The standard InChI is InChI=1S/C13H20BrClN2/c1-3-9(4-2)13(8-16)17-10-5-6-11(14)12(15)7-10/h5-7,9,13,17H,3-4,8,16H2,1-2H3. The molecule has 0 bridgehead atoms. The van der Waals surface area contributed by atoms with Crippen LogP contribution in [-0.4, -0.2) is 12.6 Å². The molecule has 0 fully saturated rings. The third kappa shape index (κ3) is 4.16. The maximum atomic E-state index is 6.07. The van der Waals surface area contributed by atoms with Crippen LogP contribution in [-0.2, 0) is 0 Å². The monoisotopic (exact) mass is 318 g/mol. The number of nitrogens with one attached hydrogen (secondary N) is 1. The number of halogens is 2. The number of anilines is 1. The molecule has 0 aliphatic carbocycles. The third-order valence-electron chi connectivity index (χ3n) is 3.14. The Bertz CT molecular complexity index is 353. The summed E-state index contributed by atoms with van der Waals surface area (Å²) < 4.78 is 0.913. The van der Waals surface area contributed by atoms with Gasteiger partial charge in [-0.3, -0.25) is 0 Å². The van der Waals surface area contributed by atoms with Gasteiger partial charge in [0.1, 0.15) is 0 Å². The number of nitrogens with two attached hydrogens (primary N) is 1. The van der Waals surface area contributed by atoms with Gasteiger partial charge in [-0.1, -0.05) is 38.3 Å². The molecule has 1 rings (SSSR count). The zero-order chi connectivity index (χ0) is 12.8. The van der Waals surface area contributed by atoms with E-state index < -0.39 is 0 Å². The maximum Gasteiger partial charge on any atom is 0.0568 e. The lowest BCUT2D eigenvalue weighted by atomic mass is 9.94. The molecule has 96 valence electrons. The Morgan fingerprint density at radius 3 is 2.47 bits per heavy atom. The van der Waals surface area contributed by atoms with Crippen LogP contribution in [0.5, 0.6) is 0 Å². The summed E-state index contributed by atoms with van der Waals surface area (Å²) in [7, 11) is 0. The molecule has 1 aromatic carbocycles. The summed E-state index contributed by atoms with van der Waals surface area (Å²) in [4.78, 5) is 0. The van der Waals surface area contributed by atoms with Gasteiger partial charge in [0.05, 0.1) is 5.02 Å². The van der Waals surface area contributed by atoms with Crippen molar-refractivity contribution in [2.24, 2.45) is 11.7 Å². The number of benzene rings is 1. The molecule has 0 amide bonds. The third-order valence-corrected chi connectivity index (χ3v) is 4.38. The maximum absolute atomic E-state index is 6.07. The summed E-state index contributed by atoms with van der Waals surface area (Å²) in [5.74, 6) is 0.599. The van der Waals surface area contributed by atoms with Gasteiger partial charge in [0.15, 0.2) is 0 Å². The van der Waals surface area contributed by atoms with Crippen LogP contribution in [0.2, 0.25) is 5.02 Å². The van der Waals surface area contributed by atoms with Gasteiger partial charge in [0.2, 0.25) is 0 Å². The van der Waals surface area contributed by atoms with Crippen LogP contribution in [0.25, 0.3) is 0 Å². The summed E-state index contributed by atoms with van der Waals surface area (Å²) in [6.07, 6.45) is 2.27. The fourth-order valence-corrected chi connectivity index (χ4v) is 2.45. The normalized spacial score (nSPS) is 12.8. The Kier molecular flexibility index (Phi) is 6.31. The highest BCUT2D eigenvalue weighted by atomic mass is 79.9. The first-order valence-electron chi connectivity index (χ1n) is 6.04. The Morgan fingerprint density at radius 2 is 2.00 bits per heavy atom. The SMILES string of the molecule is CCC(CC)C(CN)Nc1ccc(Br)c(Cl)c1. The molecule has 3 N–H and O–H groups in total. The minimum Gasteiger partial charge on any atom is -0.381 e. The second-order valence-electron chi connectivity index (χ2n) is 4.19. The van der Waals surface area contributed by atoms with E-state index in [9.17, 15) is 0 Å². The van der Waals surface area contributed by atoms with Gasteiger partial charge >= 0.3 is 0 Å². The molecule has 0 aromatic heterocycles. The predicted octanol–water partition coefficient (Wildman–Crippen LogP) is 4.28. The van der Waals surface area contributed by atoms with E-state index in [0.29, 0.717) is 18.5 Å². The molecule has 0 saturated carbocycles. The lowest BCUT2D eigenvalue weighted by molar-refractivity contribution is 0.422. The van der Waals surface area contributed by atoms with Crippen molar-refractivity contribution in [1.29, 1.82) is 0 Å². The second-order valence-corrected chi connectivity index (χ2v) is 5.45. The van der Waals surface area contributed by atoms with Gasteiger partial charge in [-0.05, 0) is 40.0 Å². The lowest BCUT2D eigenvalue weighted by Gasteiger charge is -2.26. The van der Waals surface area contributed by atoms with Crippen LogP contribution in [0, 0.1) is 5.92 Å². The summed E-state index contributed by atoms with van der Waals surface area (Å²) in [5.41, 5.74) is 6.86. The molecule has 0 radical (unpaired) electrons. The summed E-state index contributed by atoms with van der Waals surface area (Å²) >= 11 is 9.45. The highest BCUT2D eigenvalue weighted by Gasteiger charge is 2.16. The van der Waals surface area contributed by atoms with E-state index in [-0.39, 0.29) is 0 Å². The molecule has 1 atom stereocenters. The Balaban J connectivity index is 2.76. The van der Waals surface area contributed by atoms with Crippen molar-refractivity contribution in [3.05, 3.63) is 27.7 Å². The average molecular weight is 320 g/mol. The minimum absolute atomic E-state index is 0.308. The van der Waals surface area contributed by atoms with Gasteiger partial charge in [-0.25, -0.2) is 0 Å². The van der Waals surface area contributed by atoms with Crippen LogP contribution in [0.15, 0.2) is 22.7 Å². The van der Waals surface area contributed by atoms with Crippen molar-refractivity contribution in [3.63, 3.8) is 0 Å². The highest BCUT2D eigenvalue weighted by molar-refractivity contribution is 9.10. The molecule has 0 spiro atoms. The van der Waals surface area contributed by atoms with E-state index in [1.165, 1.54) is 0 Å². The van der Waals surface area contributed by atoms with E-state index in [1.54, 1.807) is 0 Å². The summed E-state index contributed by atoms with van der Waals surface area (Å²) in [5, 5.41) is 4.19. The molecular formula is C13H20BrClN2. The summed E-state index contributed by atoms with van der Waals surface area (Å²) in [6.45, 7) is 5.04. The smallest absolute Gasteiger partial charge is 0.0568 e. The molecule has 1 aromatic rings. The van der Waals surface area contributed by atoms with Gasteiger partial charge < -0.3 is 11.1 Å². The molecule has 0 aliphatic rings. The first kappa shape index (κ1) is 14.8. The van der Waals surface area contributed by atoms with Crippen LogP contribution in [0.3, 0.4) is 0 Å². The van der Waals surface area contributed by atoms with Gasteiger partial charge in [0.25, 0.3) is 0 Å². The van der Waals surface area contributed by atoms with E-state index >= 15 is 0 Å². The van der Waals surface area contributed by atoms with Crippen molar-refractivity contribution >= 4 is 33.2 Å². The molecule has 0 aliphatic heterocycles. The van der Waals surface area contributed by atoms with Crippen LogP contribution in [0.4, 0.5) is 5.69 Å². The van der Waals surface area contributed by atoms with E-state index in [1.807, 2.05) is 18.2 Å². The molecule has 0 heterocycles. The summed E-state index contributed by atoms with van der Waals surface area (Å²) in [6, 6.07) is 6.20. The van der Waals surface area contributed by atoms with E-state index in [2.05, 4.69) is 35.1 Å². The molecule has 4 heteroatoms. The molecule has 0 saturated heterocycles. The zero-order valence-corrected chi connectivity index (χ0v) is 12.7. The molecular weight excluding hydrogens is 300 g/mol. The van der Waals surface area contributed by atoms with Crippen molar-refractivity contribution in [1.82, 2.24) is 0 Å². The number of hydrogen-bond acceptors (Lipinski definition) is 2. The zero-order valence-electron chi connectivity index (χ0n) is 10.3. The Morgan fingerprint density at radius 1 is 1.35 bits per heavy atom. The fraction of sp³-hybridized carbons (Fsp3) is 0.538. The van der Waals surface area contributed by atoms with Crippen LogP contribution < -0.4 is 11.1 Å². The van der Waals surface area contributed by atoms with Gasteiger partial charge in [0, 0.05) is 22.7 Å². The first-order chi connectivity index (χ1) is 8.12. The van der Waals surface area contributed by atoms with Crippen molar-refractivity contribution in [2.45, 2.75) is 32.7 Å². The van der Waals surface area contributed by atoms with Gasteiger partial charge in [-0.2, -0.15) is 0 Å². The van der Waals surface area contributed by atoms with Gasteiger partial charge in [-0.15, -0.1) is 0 Å². The second kappa shape index (κ2) is 7.24. The largest absolute Gasteiger partial charge is 0.381 e. The minimum atomic E-state index is 0.308.